The minimum Gasteiger partial charge on any atom is -0.490 e. The van der Waals surface area contributed by atoms with E-state index in [0.717, 1.165) is 25.7 Å². The molecule has 1 fully saturated rings. The number of amides is 1. The smallest absolute Gasteiger partial charge is 0.371 e. The third kappa shape index (κ3) is 6.14. The number of benzene rings is 1. The van der Waals surface area contributed by atoms with E-state index in [1.54, 1.807) is 18.2 Å². The molecule has 2 N–H and O–H groups in total. The second-order valence-electron chi connectivity index (χ2n) is 7.48. The number of furan rings is 1. The topological polar surface area (TPSA) is 122 Å². The Morgan fingerprint density at radius 1 is 1.19 bits per heavy atom. The lowest BCUT2D eigenvalue weighted by Gasteiger charge is -2.22. The number of ether oxygens (including phenoxy) is 2. The minimum atomic E-state index is -1.15. The Balaban J connectivity index is 1.72. The Morgan fingerprint density at radius 3 is 2.62 bits per heavy atom. The van der Waals surface area contributed by atoms with E-state index >= 15 is 0 Å². The van der Waals surface area contributed by atoms with E-state index in [2.05, 4.69) is 5.32 Å². The summed E-state index contributed by atoms with van der Waals surface area (Å²) in [7, 11) is 0. The van der Waals surface area contributed by atoms with Crippen LogP contribution in [0.3, 0.4) is 0 Å². The zero-order chi connectivity index (χ0) is 22.9. The summed E-state index contributed by atoms with van der Waals surface area (Å²) < 4.78 is 16.6. The Kier molecular flexibility index (Phi) is 7.92. The number of nitriles is 1. The highest BCUT2D eigenvalue weighted by Gasteiger charge is 2.18. The molecule has 0 spiro atoms. The van der Waals surface area contributed by atoms with E-state index in [0.29, 0.717) is 29.4 Å². The fourth-order valence-corrected chi connectivity index (χ4v) is 3.55. The number of aromatic carboxylic acids is 1. The van der Waals surface area contributed by atoms with Gasteiger partial charge in [-0.05, 0) is 55.7 Å². The van der Waals surface area contributed by atoms with Crippen LogP contribution in [0.15, 0.2) is 40.3 Å². The number of hydrogen-bond donors (Lipinski definition) is 2. The molecule has 0 aliphatic heterocycles. The van der Waals surface area contributed by atoms with Crippen molar-refractivity contribution in [1.82, 2.24) is 5.32 Å². The molecule has 1 aliphatic carbocycles. The molecule has 1 aliphatic rings. The van der Waals surface area contributed by atoms with E-state index in [9.17, 15) is 14.9 Å². The number of hydrogen-bond acceptors (Lipinski definition) is 6. The van der Waals surface area contributed by atoms with E-state index in [1.165, 1.54) is 24.6 Å². The summed E-state index contributed by atoms with van der Waals surface area (Å²) in [5.41, 5.74) is 0.658. The van der Waals surface area contributed by atoms with Gasteiger partial charge in [0.1, 0.15) is 24.0 Å². The summed E-state index contributed by atoms with van der Waals surface area (Å²) >= 11 is 0. The highest BCUT2D eigenvalue weighted by molar-refractivity contribution is 6.01. The normalized spacial score (nSPS) is 14.4. The van der Waals surface area contributed by atoms with Crippen molar-refractivity contribution in [3.63, 3.8) is 0 Å². The number of carboxylic acid groups (broad SMARTS) is 1. The lowest BCUT2D eigenvalue weighted by Crippen LogP contribution is -2.36. The Bertz CT molecular complexity index is 1030. The number of carbonyl (C=O) groups excluding carboxylic acids is 1. The van der Waals surface area contributed by atoms with Crippen LogP contribution in [0.1, 0.15) is 60.9 Å². The molecule has 2 aromatic rings. The molecule has 0 atom stereocenters. The predicted molar refractivity (Wildman–Crippen MR) is 116 cm³/mol. The molecule has 1 saturated carbocycles. The molecule has 1 aromatic carbocycles. The standard InChI is InChI=1S/C24H26N2O6/c1-2-30-22-13-16(12-17(14-25)23(27)26-18-6-4-3-5-7-18)8-10-20(22)31-15-19-9-11-21(32-19)24(28)29/h8-13,18H,2-7,15H2,1H3,(H,26,27)(H,28,29)/b17-12+. The number of nitrogens with one attached hydrogen (secondary N) is 1. The van der Waals surface area contributed by atoms with Gasteiger partial charge in [-0.1, -0.05) is 25.3 Å². The molecule has 8 nitrogen and oxygen atoms in total. The SMILES string of the molecule is CCOc1cc(/C=C(\C#N)C(=O)NC2CCCCC2)ccc1OCc1ccc(C(=O)O)o1. The molecule has 8 heteroatoms. The van der Waals surface area contributed by atoms with E-state index in [4.69, 9.17) is 19.0 Å². The molecular formula is C24H26N2O6. The van der Waals surface area contributed by atoms with Gasteiger partial charge in [0.05, 0.1) is 6.61 Å². The maximum Gasteiger partial charge on any atom is 0.371 e. The number of nitrogens with zero attached hydrogens (tertiary/aromatic N) is 1. The summed E-state index contributed by atoms with van der Waals surface area (Å²) in [6.07, 6.45) is 6.76. The third-order valence-electron chi connectivity index (χ3n) is 5.13. The number of carbonyl (C=O) groups is 2. The second kappa shape index (κ2) is 11.0. The van der Waals surface area contributed by atoms with Gasteiger partial charge in [0.25, 0.3) is 5.91 Å². The highest BCUT2D eigenvalue weighted by atomic mass is 16.5. The quantitative estimate of drug-likeness (QED) is 0.442. The highest BCUT2D eigenvalue weighted by Crippen LogP contribution is 2.30. The average Bonchev–Trinajstić information content (AvgIpc) is 3.27. The molecule has 3 rings (SSSR count). The van der Waals surface area contributed by atoms with Crippen molar-refractivity contribution in [2.24, 2.45) is 0 Å². The van der Waals surface area contributed by atoms with Gasteiger partial charge in [0, 0.05) is 6.04 Å². The first-order chi connectivity index (χ1) is 15.5. The zero-order valence-electron chi connectivity index (χ0n) is 17.9. The minimum absolute atomic E-state index is 0.0236. The fourth-order valence-electron chi connectivity index (χ4n) is 3.55. The molecule has 0 bridgehead atoms. The van der Waals surface area contributed by atoms with Crippen LogP contribution in [-0.4, -0.2) is 29.6 Å². The van der Waals surface area contributed by atoms with E-state index < -0.39 is 5.97 Å². The van der Waals surface area contributed by atoms with Gasteiger partial charge in [-0.2, -0.15) is 5.26 Å². The first-order valence-corrected chi connectivity index (χ1v) is 10.6. The van der Waals surface area contributed by atoms with Crippen LogP contribution in [-0.2, 0) is 11.4 Å². The molecule has 1 aromatic heterocycles. The Hall–Kier alpha value is -3.73. The maximum absolute atomic E-state index is 12.5. The van der Waals surface area contributed by atoms with E-state index in [1.807, 2.05) is 13.0 Å². The van der Waals surface area contributed by atoms with Crippen LogP contribution in [0.25, 0.3) is 6.08 Å². The molecular weight excluding hydrogens is 412 g/mol. The average molecular weight is 438 g/mol. The van der Waals surface area contributed by atoms with Crippen molar-refractivity contribution >= 4 is 18.0 Å². The first-order valence-electron chi connectivity index (χ1n) is 10.6. The molecule has 168 valence electrons. The van der Waals surface area contributed by atoms with Gasteiger partial charge < -0.3 is 24.3 Å². The number of carboxylic acids is 1. The van der Waals surface area contributed by atoms with Crippen molar-refractivity contribution in [1.29, 1.82) is 5.26 Å². The van der Waals surface area contributed by atoms with Crippen LogP contribution in [0.4, 0.5) is 0 Å². The van der Waals surface area contributed by atoms with Crippen LogP contribution in [0.2, 0.25) is 0 Å². The van der Waals surface area contributed by atoms with Gasteiger partial charge in [-0.25, -0.2) is 4.79 Å². The molecule has 1 heterocycles. The van der Waals surface area contributed by atoms with Crippen molar-refractivity contribution < 1.29 is 28.6 Å². The van der Waals surface area contributed by atoms with Crippen molar-refractivity contribution in [3.05, 3.63) is 53.0 Å². The van der Waals surface area contributed by atoms with Gasteiger partial charge >= 0.3 is 5.97 Å². The lowest BCUT2D eigenvalue weighted by molar-refractivity contribution is -0.117. The second-order valence-corrected chi connectivity index (χ2v) is 7.48. The van der Waals surface area contributed by atoms with Crippen molar-refractivity contribution in [2.75, 3.05) is 6.61 Å². The van der Waals surface area contributed by atoms with Crippen molar-refractivity contribution in [3.8, 4) is 17.6 Å². The van der Waals surface area contributed by atoms with Crippen LogP contribution in [0, 0.1) is 11.3 Å². The summed E-state index contributed by atoms with van der Waals surface area (Å²) in [5.74, 6) is -0.448. The Labute approximate surface area is 186 Å². The fraction of sp³-hybridized carbons (Fsp3) is 0.375. The van der Waals surface area contributed by atoms with Crippen LogP contribution in [0.5, 0.6) is 11.5 Å². The lowest BCUT2D eigenvalue weighted by atomic mass is 9.95. The molecule has 0 unspecified atom stereocenters. The monoisotopic (exact) mass is 438 g/mol. The molecule has 0 saturated heterocycles. The largest absolute Gasteiger partial charge is 0.490 e. The summed E-state index contributed by atoms with van der Waals surface area (Å²) in [5, 5.41) is 21.4. The van der Waals surface area contributed by atoms with Crippen molar-refractivity contribution in [2.45, 2.75) is 51.7 Å². The molecule has 0 radical (unpaired) electrons. The zero-order valence-corrected chi connectivity index (χ0v) is 17.9. The van der Waals surface area contributed by atoms with Gasteiger partial charge in [-0.3, -0.25) is 4.79 Å². The predicted octanol–water partition coefficient (Wildman–Crippen LogP) is 4.31. The van der Waals surface area contributed by atoms with Gasteiger partial charge in [0.2, 0.25) is 5.76 Å². The first kappa shape index (κ1) is 22.9. The van der Waals surface area contributed by atoms with Gasteiger partial charge in [-0.15, -0.1) is 0 Å². The summed E-state index contributed by atoms with van der Waals surface area (Å²) in [6.45, 7) is 2.24. The summed E-state index contributed by atoms with van der Waals surface area (Å²) in [4.78, 5) is 23.4. The summed E-state index contributed by atoms with van der Waals surface area (Å²) in [6, 6.07) is 10.1. The maximum atomic E-state index is 12.5. The Morgan fingerprint density at radius 2 is 1.97 bits per heavy atom. The van der Waals surface area contributed by atoms with E-state index in [-0.39, 0.29) is 29.9 Å². The number of rotatable bonds is 9. The third-order valence-corrected chi connectivity index (χ3v) is 5.13. The molecule has 1 amide bonds. The van der Waals surface area contributed by atoms with Crippen LogP contribution < -0.4 is 14.8 Å². The molecule has 32 heavy (non-hydrogen) atoms. The van der Waals surface area contributed by atoms with Gasteiger partial charge in [0.15, 0.2) is 11.5 Å². The van der Waals surface area contributed by atoms with Crippen LogP contribution >= 0.6 is 0 Å².